The normalized spacial score (nSPS) is 22.0. The van der Waals surface area contributed by atoms with Crippen LogP contribution in [0.15, 0.2) is 45.5 Å². The van der Waals surface area contributed by atoms with Gasteiger partial charge in [0.15, 0.2) is 0 Å². The minimum atomic E-state index is 0.00489. The molecule has 4 nitrogen and oxygen atoms in total. The van der Waals surface area contributed by atoms with Crippen LogP contribution in [0.25, 0.3) is 0 Å². The summed E-state index contributed by atoms with van der Waals surface area (Å²) in [4.78, 5) is 9.26. The van der Waals surface area contributed by atoms with Crippen molar-refractivity contribution in [2.45, 2.75) is 51.1 Å². The molecular formula is C18H24N4. The number of fused-ring (bicyclic) bond motifs is 1. The zero-order chi connectivity index (χ0) is 15.4. The summed E-state index contributed by atoms with van der Waals surface area (Å²) in [6, 6.07) is 8.57. The first-order valence-corrected chi connectivity index (χ1v) is 8.19. The minimum absolute atomic E-state index is 0.00489. The fourth-order valence-electron chi connectivity index (χ4n) is 2.72. The maximum atomic E-state index is 6.31. The van der Waals surface area contributed by atoms with Gasteiger partial charge in [-0.1, -0.05) is 25.5 Å². The molecular weight excluding hydrogens is 272 g/mol. The molecule has 1 unspecified atom stereocenters. The van der Waals surface area contributed by atoms with E-state index in [0.717, 1.165) is 35.5 Å². The predicted molar refractivity (Wildman–Crippen MR) is 94.3 cm³/mol. The molecule has 1 heterocycles. The molecule has 1 atom stereocenters. The van der Waals surface area contributed by atoms with Crippen LogP contribution in [0.5, 0.6) is 0 Å². The van der Waals surface area contributed by atoms with E-state index in [1.807, 2.05) is 30.6 Å². The quantitative estimate of drug-likeness (QED) is 0.811. The molecule has 1 aliphatic carbocycles. The number of nitrogens with one attached hydrogen (secondary N) is 1. The molecule has 2 aliphatic rings. The SMILES string of the molecule is CCCC(N)=C(C=NC1CCC1)C1C=Nc2ccccc2N1. The van der Waals surface area contributed by atoms with Gasteiger partial charge in [0, 0.05) is 29.7 Å². The first-order valence-electron chi connectivity index (χ1n) is 8.19. The van der Waals surface area contributed by atoms with E-state index in [9.17, 15) is 0 Å². The number of anilines is 1. The Labute approximate surface area is 132 Å². The monoisotopic (exact) mass is 296 g/mol. The lowest BCUT2D eigenvalue weighted by molar-refractivity contribution is 0.421. The molecule has 1 saturated carbocycles. The Morgan fingerprint density at radius 1 is 1.41 bits per heavy atom. The zero-order valence-electron chi connectivity index (χ0n) is 13.1. The maximum absolute atomic E-state index is 6.31. The Bertz CT molecular complexity index is 611. The highest BCUT2D eigenvalue weighted by atomic mass is 15.0. The van der Waals surface area contributed by atoms with Gasteiger partial charge in [-0.25, -0.2) is 0 Å². The number of hydrogen-bond acceptors (Lipinski definition) is 4. The fraction of sp³-hybridized carbons (Fsp3) is 0.444. The van der Waals surface area contributed by atoms with Crippen molar-refractivity contribution in [2.24, 2.45) is 15.7 Å². The summed E-state index contributed by atoms with van der Waals surface area (Å²) >= 11 is 0. The van der Waals surface area contributed by atoms with E-state index in [-0.39, 0.29) is 6.04 Å². The highest BCUT2D eigenvalue weighted by molar-refractivity contribution is 5.95. The van der Waals surface area contributed by atoms with E-state index in [0.29, 0.717) is 6.04 Å². The van der Waals surface area contributed by atoms with E-state index in [1.54, 1.807) is 0 Å². The van der Waals surface area contributed by atoms with E-state index >= 15 is 0 Å². The molecule has 1 aliphatic heterocycles. The molecule has 0 saturated heterocycles. The third-order valence-corrected chi connectivity index (χ3v) is 4.30. The number of nitrogens with zero attached hydrogens (tertiary/aromatic N) is 2. The summed E-state index contributed by atoms with van der Waals surface area (Å²) in [7, 11) is 0. The van der Waals surface area contributed by atoms with Gasteiger partial charge in [-0.15, -0.1) is 0 Å². The molecule has 0 aromatic heterocycles. The number of nitrogens with two attached hydrogens (primary N) is 1. The fourth-order valence-corrected chi connectivity index (χ4v) is 2.72. The predicted octanol–water partition coefficient (Wildman–Crippen LogP) is 3.82. The molecule has 1 aromatic rings. The van der Waals surface area contributed by atoms with Gasteiger partial charge in [-0.05, 0) is 37.8 Å². The van der Waals surface area contributed by atoms with E-state index in [2.05, 4.69) is 23.3 Å². The van der Waals surface area contributed by atoms with Crippen molar-refractivity contribution in [1.29, 1.82) is 0 Å². The van der Waals surface area contributed by atoms with Crippen LogP contribution in [0.2, 0.25) is 0 Å². The van der Waals surface area contributed by atoms with Crippen LogP contribution in [-0.2, 0) is 0 Å². The highest BCUT2D eigenvalue weighted by Crippen LogP contribution is 2.29. The van der Waals surface area contributed by atoms with Gasteiger partial charge in [0.25, 0.3) is 0 Å². The number of hydrogen-bond donors (Lipinski definition) is 2. The van der Waals surface area contributed by atoms with Gasteiger partial charge in [0.2, 0.25) is 0 Å². The molecule has 3 rings (SSSR count). The molecule has 1 aromatic carbocycles. The molecule has 22 heavy (non-hydrogen) atoms. The van der Waals surface area contributed by atoms with Crippen LogP contribution in [-0.4, -0.2) is 24.5 Å². The summed E-state index contributed by atoms with van der Waals surface area (Å²) < 4.78 is 0. The zero-order valence-corrected chi connectivity index (χ0v) is 13.1. The van der Waals surface area contributed by atoms with Crippen LogP contribution in [0.4, 0.5) is 11.4 Å². The van der Waals surface area contributed by atoms with Gasteiger partial charge >= 0.3 is 0 Å². The summed E-state index contributed by atoms with van der Waals surface area (Å²) in [5, 5.41) is 3.52. The van der Waals surface area contributed by atoms with Gasteiger partial charge in [-0.3, -0.25) is 9.98 Å². The lowest BCUT2D eigenvalue weighted by Gasteiger charge is -2.25. The Balaban J connectivity index is 1.83. The van der Waals surface area contributed by atoms with Crippen LogP contribution in [0.3, 0.4) is 0 Å². The van der Waals surface area contributed by atoms with Crippen LogP contribution >= 0.6 is 0 Å². The number of para-hydroxylation sites is 2. The Morgan fingerprint density at radius 3 is 2.95 bits per heavy atom. The van der Waals surface area contributed by atoms with Crippen molar-refractivity contribution in [3.63, 3.8) is 0 Å². The highest BCUT2D eigenvalue weighted by Gasteiger charge is 2.20. The van der Waals surface area contributed by atoms with E-state index in [1.165, 1.54) is 19.3 Å². The van der Waals surface area contributed by atoms with Crippen molar-refractivity contribution in [3.8, 4) is 0 Å². The lowest BCUT2D eigenvalue weighted by atomic mass is 9.93. The Kier molecular flexibility index (Phi) is 4.56. The molecule has 116 valence electrons. The Hall–Kier alpha value is -2.10. The summed E-state index contributed by atoms with van der Waals surface area (Å²) in [6.07, 6.45) is 9.53. The van der Waals surface area contributed by atoms with Gasteiger partial charge in [0.05, 0.1) is 17.4 Å². The number of benzene rings is 1. The Morgan fingerprint density at radius 2 is 2.23 bits per heavy atom. The smallest absolute Gasteiger partial charge is 0.0902 e. The van der Waals surface area contributed by atoms with Crippen molar-refractivity contribution >= 4 is 23.8 Å². The third kappa shape index (κ3) is 3.21. The lowest BCUT2D eigenvalue weighted by Crippen LogP contribution is -2.30. The van der Waals surface area contributed by atoms with Crippen molar-refractivity contribution in [3.05, 3.63) is 35.5 Å². The minimum Gasteiger partial charge on any atom is -0.402 e. The van der Waals surface area contributed by atoms with Gasteiger partial charge < -0.3 is 11.1 Å². The molecule has 3 N–H and O–H groups in total. The van der Waals surface area contributed by atoms with Crippen LogP contribution in [0.1, 0.15) is 39.0 Å². The third-order valence-electron chi connectivity index (χ3n) is 4.30. The molecule has 0 amide bonds. The number of allylic oxidation sites excluding steroid dienone is 1. The van der Waals surface area contributed by atoms with Crippen LogP contribution in [0, 0.1) is 0 Å². The van der Waals surface area contributed by atoms with Gasteiger partial charge in [0.1, 0.15) is 0 Å². The standard InChI is InChI=1S/C18H24N4/c1-2-6-15(19)14(11-20-13-7-5-8-13)18-12-21-16-9-3-4-10-17(16)22-18/h3-4,9-13,18,22H,2,5-8,19H2,1H3. The molecule has 0 radical (unpaired) electrons. The van der Waals surface area contributed by atoms with E-state index < -0.39 is 0 Å². The molecule has 4 heteroatoms. The number of aliphatic imine (C=N–C) groups is 2. The van der Waals surface area contributed by atoms with Crippen molar-refractivity contribution < 1.29 is 0 Å². The second-order valence-electron chi connectivity index (χ2n) is 6.01. The van der Waals surface area contributed by atoms with Crippen molar-refractivity contribution in [2.75, 3.05) is 5.32 Å². The summed E-state index contributed by atoms with van der Waals surface area (Å²) in [6.45, 7) is 2.14. The number of rotatable bonds is 5. The average Bonchev–Trinajstić information content (AvgIpc) is 2.49. The van der Waals surface area contributed by atoms with Crippen LogP contribution < -0.4 is 11.1 Å². The van der Waals surface area contributed by atoms with Crippen molar-refractivity contribution in [1.82, 2.24) is 0 Å². The first-order chi connectivity index (χ1) is 10.8. The molecule has 1 fully saturated rings. The second-order valence-corrected chi connectivity index (χ2v) is 6.01. The molecule has 0 spiro atoms. The van der Waals surface area contributed by atoms with E-state index in [4.69, 9.17) is 10.7 Å². The summed E-state index contributed by atoms with van der Waals surface area (Å²) in [5.41, 5.74) is 10.3. The topological polar surface area (TPSA) is 62.8 Å². The second kappa shape index (κ2) is 6.77. The maximum Gasteiger partial charge on any atom is 0.0902 e. The summed E-state index contributed by atoms with van der Waals surface area (Å²) in [5.74, 6) is 0. The average molecular weight is 296 g/mol. The molecule has 0 bridgehead atoms. The van der Waals surface area contributed by atoms with Gasteiger partial charge in [-0.2, -0.15) is 0 Å². The first kappa shape index (κ1) is 14.8. The largest absolute Gasteiger partial charge is 0.402 e.